The van der Waals surface area contributed by atoms with E-state index in [0.717, 1.165) is 0 Å². The van der Waals surface area contributed by atoms with Gasteiger partial charge in [-0.25, -0.2) is 4.98 Å². The molecule has 0 saturated heterocycles. The maximum absolute atomic E-state index is 11.3. The average molecular weight is 965 g/mol. The SMILES string of the molecule is [2H]c1c([2H])c([2H])c([Si](c2c([2H])c([2H])c([2H])c([2H])c2[2H])(c2c([2H])c([2H])c([2H])c([2H])c2[2H])c2c([2H])c([2H])c([2H])c(-c3c([2H])c(C#N)c([2H])c(-c4nc(-c5c([2H])c([2H])c([2H])c([2H])c5-n5c6c([2H])c([2H])c([2H])c([2H])c6c6c([2H])c([2H])c([2H])c([2H])c65)nc(-n5c6c([2H])c([2H])c([2H])c([2H])c6c6c([2H])c([2H])c([2H])c([2H])c65)n4)c3[2H])c2[2H])c([2H])c1[2H]. The van der Waals surface area contributed by atoms with Gasteiger partial charge in [0, 0.05) is 32.7 Å². The third-order valence-electron chi connectivity index (χ3n) is 11.0. The van der Waals surface area contributed by atoms with Gasteiger partial charge in [-0.15, -0.1) is 0 Å². The molecule has 0 radical (unpaired) electrons. The molecule has 0 fully saturated rings. The number of nitriles is 1. The van der Waals surface area contributed by atoms with Crippen LogP contribution in [-0.2, 0) is 0 Å². The van der Waals surface area contributed by atoms with Gasteiger partial charge in [-0.2, -0.15) is 15.2 Å². The summed E-state index contributed by atoms with van der Waals surface area (Å²) in [5.74, 6) is -3.82. The number of para-hydroxylation sites is 5. The van der Waals surface area contributed by atoms with Crippen molar-refractivity contribution in [2.45, 2.75) is 0 Å². The molecule has 13 aromatic rings. The van der Waals surface area contributed by atoms with Crippen molar-refractivity contribution < 1.29 is 57.6 Å². The lowest BCUT2D eigenvalue weighted by Crippen LogP contribution is -2.74. The highest BCUT2D eigenvalue weighted by molar-refractivity contribution is 7.19. The van der Waals surface area contributed by atoms with E-state index < -0.39 is 377 Å². The van der Waals surface area contributed by atoms with Gasteiger partial charge >= 0.3 is 0 Å². The zero-order valence-corrected chi connectivity index (χ0v) is 36.2. The summed E-state index contributed by atoms with van der Waals surface area (Å²) in [4.78, 5) is 13.6. The summed E-state index contributed by atoms with van der Waals surface area (Å²) < 4.78 is 392. The molecular weight excluding hydrogens is 881 g/mol. The fourth-order valence-corrected chi connectivity index (χ4v) is 11.6. The molecule has 3 aromatic heterocycles. The van der Waals surface area contributed by atoms with E-state index in [1.807, 2.05) is 0 Å². The molecule has 0 N–H and O–H groups in total. The summed E-state index contributed by atoms with van der Waals surface area (Å²) in [6.07, 6.45) is 0. The lowest BCUT2D eigenvalue weighted by atomic mass is 9.99. The Kier molecular flexibility index (Phi) is 4.10. The van der Waals surface area contributed by atoms with E-state index in [-0.39, 0.29) is 0 Å². The Bertz CT molecular complexity index is 6330. The van der Waals surface area contributed by atoms with Gasteiger partial charge in [-0.1, -0.05) is 199 Å². The highest BCUT2D eigenvalue weighted by atomic mass is 28.3. The van der Waals surface area contributed by atoms with Crippen LogP contribution in [0.3, 0.4) is 0 Å². The van der Waals surface area contributed by atoms with E-state index in [9.17, 15) is 38.2 Å². The number of rotatable bonds is 9. The molecule has 6 nitrogen and oxygen atoms in total. The molecule has 0 amide bonds. The van der Waals surface area contributed by atoms with Crippen molar-refractivity contribution in [3.8, 4) is 51.6 Å². The smallest absolute Gasteiger partial charge is 0.238 e. The van der Waals surface area contributed by atoms with Crippen LogP contribution in [0, 0.1) is 11.3 Å². The molecule has 0 aliphatic rings. The maximum Gasteiger partial charge on any atom is 0.238 e. The molecule has 0 atom stereocenters. The fourth-order valence-electron chi connectivity index (χ4n) is 8.07. The van der Waals surface area contributed by atoms with Gasteiger partial charge in [0.25, 0.3) is 0 Å². The van der Waals surface area contributed by atoms with Crippen LogP contribution in [0.25, 0.3) is 89.2 Å². The Balaban J connectivity index is 1.30. The molecular formula is C64H42N6Si. The molecule has 0 aliphatic heterocycles. The molecule has 332 valence electrons. The second-order valence-electron chi connectivity index (χ2n) is 14.7. The quantitative estimate of drug-likeness (QED) is 0.107. The monoisotopic (exact) mass is 965 g/mol. The summed E-state index contributed by atoms with van der Waals surface area (Å²) in [5.41, 5.74) is -10.8. The van der Waals surface area contributed by atoms with Crippen molar-refractivity contribution >= 4 is 72.4 Å². The van der Waals surface area contributed by atoms with E-state index in [1.165, 1.54) is 0 Å². The summed E-state index contributed by atoms with van der Waals surface area (Å²) in [6.45, 7) is 0. The minimum absolute atomic E-state index is 0.558. The van der Waals surface area contributed by atoms with Crippen LogP contribution in [0.2, 0.25) is 0 Å². The number of nitrogens with zero attached hydrogens (tertiary/aromatic N) is 6. The Morgan fingerprint density at radius 1 is 0.366 bits per heavy atom. The predicted molar refractivity (Wildman–Crippen MR) is 293 cm³/mol. The third-order valence-corrected chi connectivity index (χ3v) is 15.0. The zero-order valence-electron chi connectivity index (χ0n) is 77.2. The van der Waals surface area contributed by atoms with Crippen molar-refractivity contribution in [2.75, 3.05) is 0 Å². The van der Waals surface area contributed by atoms with E-state index in [2.05, 4.69) is 15.0 Å². The van der Waals surface area contributed by atoms with E-state index in [0.29, 0.717) is 9.13 Å². The molecule has 0 saturated carbocycles. The first kappa shape index (κ1) is 16.9. The van der Waals surface area contributed by atoms with Crippen molar-refractivity contribution in [3.63, 3.8) is 0 Å². The van der Waals surface area contributed by atoms with Crippen molar-refractivity contribution in [3.05, 3.63) is 259 Å². The lowest BCUT2D eigenvalue weighted by Gasteiger charge is -2.34. The highest BCUT2D eigenvalue weighted by Crippen LogP contribution is 2.38. The van der Waals surface area contributed by atoms with Gasteiger partial charge < -0.3 is 4.57 Å². The minimum atomic E-state index is -6.73. The standard InChI is InChI=1S/C64H42N6Si/c65-43-44-39-46(45-21-20-28-51(42-45)71(48-22-4-1-5-23-48,49-24-6-2-7-25-49)50-26-8-3-9-27-50)41-47(40-44)62-66-63(68-64(67-62)70-59-36-17-12-31-54(59)55-32-13-18-37-60(55)70)56-33-14-19-38-61(56)69-57-34-15-10-29-52(57)53-30-11-16-35-58(53)69/h1-42H/i1D,2D,3D,4D,5D,6D,7D,8D,9D,10D,11D,12D,13D,14D,15D,16D,17D,18D,19D,20D,21D,22D,23D,24D,25D,26D,27D,28D,29D,30D,31D,32D,33D,34D,35D,36D,37D,38D,39D,40D,41D,42D. The van der Waals surface area contributed by atoms with Crippen LogP contribution >= 0.6 is 0 Å². The second kappa shape index (κ2) is 17.2. The third kappa shape index (κ3) is 6.88. The first-order valence-electron chi connectivity index (χ1n) is 41.4. The Morgan fingerprint density at radius 2 is 0.803 bits per heavy atom. The predicted octanol–water partition coefficient (Wildman–Crippen LogP) is 12.3. The van der Waals surface area contributed by atoms with E-state index in [1.54, 1.807) is 6.07 Å². The molecule has 0 bridgehead atoms. The summed E-state index contributed by atoms with van der Waals surface area (Å²) >= 11 is 0. The molecule has 7 heteroatoms. The summed E-state index contributed by atoms with van der Waals surface area (Å²) in [5, 5.41) is 3.13. The Hall–Kier alpha value is -9.48. The van der Waals surface area contributed by atoms with Crippen molar-refractivity contribution in [1.29, 1.82) is 5.26 Å². The summed E-state index contributed by atoms with van der Waals surface area (Å²) in [7, 11) is -6.73. The molecule has 13 rings (SSSR count). The van der Waals surface area contributed by atoms with Gasteiger partial charge in [0.15, 0.2) is 19.7 Å². The molecule has 0 aliphatic carbocycles. The van der Waals surface area contributed by atoms with Gasteiger partial charge in [-0.05, 0) is 86.3 Å². The maximum atomic E-state index is 11.3. The fraction of sp³-hybridized carbons (Fsp3) is 0. The normalized spacial score (nSPS) is 19.9. The molecule has 3 heterocycles. The Labute approximate surface area is 470 Å². The molecule has 0 unspecified atom stereocenters. The topological polar surface area (TPSA) is 72.3 Å². The summed E-state index contributed by atoms with van der Waals surface area (Å²) in [6, 6.07) is -50.5. The van der Waals surface area contributed by atoms with Crippen molar-refractivity contribution in [1.82, 2.24) is 24.1 Å². The van der Waals surface area contributed by atoms with Crippen LogP contribution in [0.5, 0.6) is 0 Å². The average Bonchev–Trinajstić information content (AvgIpc) is 1.41. The number of hydrogen-bond acceptors (Lipinski definition) is 4. The van der Waals surface area contributed by atoms with Crippen molar-refractivity contribution in [2.24, 2.45) is 0 Å². The lowest BCUT2D eigenvalue weighted by molar-refractivity contribution is 0.951. The number of fused-ring (bicyclic) bond motifs is 6. The Morgan fingerprint density at radius 3 is 1.34 bits per heavy atom. The van der Waals surface area contributed by atoms with Crippen LogP contribution in [-0.4, -0.2) is 32.2 Å². The van der Waals surface area contributed by atoms with Gasteiger partial charge in [0.1, 0.15) is 0 Å². The van der Waals surface area contributed by atoms with Crippen LogP contribution < -0.4 is 20.7 Å². The first-order valence-corrected chi connectivity index (χ1v) is 22.4. The number of hydrogen-bond donors (Lipinski definition) is 0. The van der Waals surface area contributed by atoms with Crippen LogP contribution in [0.4, 0.5) is 0 Å². The van der Waals surface area contributed by atoms with Crippen LogP contribution in [0.15, 0.2) is 254 Å². The van der Waals surface area contributed by atoms with Gasteiger partial charge in [0.05, 0.1) is 97.0 Å². The van der Waals surface area contributed by atoms with E-state index in [4.69, 9.17) is 24.7 Å². The zero-order chi connectivity index (χ0) is 83.9. The molecule has 0 spiro atoms. The number of benzene rings is 10. The van der Waals surface area contributed by atoms with E-state index >= 15 is 0 Å². The highest BCUT2D eigenvalue weighted by Gasteiger charge is 2.41. The second-order valence-corrected chi connectivity index (χ2v) is 18.2. The van der Waals surface area contributed by atoms with Gasteiger partial charge in [0.2, 0.25) is 5.95 Å². The molecule has 10 aromatic carbocycles. The largest absolute Gasteiger partial charge is 0.309 e. The number of aromatic nitrogens is 5. The van der Waals surface area contributed by atoms with Gasteiger partial charge in [-0.3, -0.25) is 4.57 Å². The first-order chi connectivity index (χ1) is 52.6. The minimum Gasteiger partial charge on any atom is -0.309 e. The van der Waals surface area contributed by atoms with Crippen LogP contribution in [0.1, 0.15) is 63.1 Å². The molecule has 71 heavy (non-hydrogen) atoms.